The van der Waals surface area contributed by atoms with Crippen LogP contribution in [0.2, 0.25) is 5.02 Å². The predicted molar refractivity (Wildman–Crippen MR) is 56.4 cm³/mol. The Morgan fingerprint density at radius 1 is 1.40 bits per heavy atom. The molecule has 0 saturated carbocycles. The third-order valence-corrected chi connectivity index (χ3v) is 2.27. The number of hydrogen-bond donors (Lipinski definition) is 1. The molecule has 0 aliphatic heterocycles. The molecule has 0 aliphatic carbocycles. The van der Waals surface area contributed by atoms with Crippen LogP contribution in [0.4, 0.5) is 5.82 Å². The van der Waals surface area contributed by atoms with E-state index >= 15 is 0 Å². The molecule has 0 bridgehead atoms. The lowest BCUT2D eigenvalue weighted by Crippen LogP contribution is -2.01. The molecule has 0 spiro atoms. The van der Waals surface area contributed by atoms with Gasteiger partial charge in [0.25, 0.3) is 0 Å². The maximum absolute atomic E-state index is 5.78. The van der Waals surface area contributed by atoms with Crippen molar-refractivity contribution in [3.05, 3.63) is 23.1 Å². The molecular weight excluding hydrogens is 216 g/mol. The molecule has 0 fully saturated rings. The summed E-state index contributed by atoms with van der Waals surface area (Å²) in [5, 5.41) is 12.4. The summed E-state index contributed by atoms with van der Waals surface area (Å²) in [7, 11) is 0. The molecule has 2 aromatic rings. The van der Waals surface area contributed by atoms with Crippen molar-refractivity contribution in [3.63, 3.8) is 0 Å². The second-order valence-corrected chi connectivity index (χ2v) is 3.53. The molecule has 0 aromatic carbocycles. The van der Waals surface area contributed by atoms with Gasteiger partial charge < -0.3 is 5.73 Å². The fraction of sp³-hybridized carbons (Fsp3) is 0.375. The first kappa shape index (κ1) is 9.97. The average molecular weight is 227 g/mol. The van der Waals surface area contributed by atoms with Gasteiger partial charge in [0.1, 0.15) is 10.7 Å². The lowest BCUT2D eigenvalue weighted by molar-refractivity contribution is 0.625. The summed E-state index contributed by atoms with van der Waals surface area (Å²) in [6.07, 6.45) is 3.54. The second kappa shape index (κ2) is 3.90. The minimum Gasteiger partial charge on any atom is -0.381 e. The first-order valence-corrected chi connectivity index (χ1v) is 4.94. The Balaban J connectivity index is 2.14. The van der Waals surface area contributed by atoms with Gasteiger partial charge in [-0.25, -0.2) is 0 Å². The first-order chi connectivity index (χ1) is 7.19. The topological polar surface area (TPSA) is 74.5 Å². The quantitative estimate of drug-likeness (QED) is 0.839. The third-order valence-electron chi connectivity index (χ3n) is 1.98. The Labute approximate surface area is 91.6 Å². The Hall–Kier alpha value is -1.56. The summed E-state index contributed by atoms with van der Waals surface area (Å²) >= 11 is 5.78. The Morgan fingerprint density at radius 3 is 2.73 bits per heavy atom. The fourth-order valence-electron chi connectivity index (χ4n) is 1.22. The van der Waals surface area contributed by atoms with Crippen molar-refractivity contribution in [2.24, 2.45) is 0 Å². The average Bonchev–Trinajstić information content (AvgIpc) is 2.76. The van der Waals surface area contributed by atoms with E-state index in [-0.39, 0.29) is 0 Å². The molecule has 2 N–H and O–H groups in total. The summed E-state index contributed by atoms with van der Waals surface area (Å²) in [5.41, 5.74) is 6.35. The van der Waals surface area contributed by atoms with E-state index in [1.165, 1.54) is 0 Å². The van der Waals surface area contributed by atoms with Crippen molar-refractivity contribution in [3.8, 4) is 0 Å². The standard InChI is InChI=1S/C8H11ClN6/c1-2-14-3-6(11-13-14)4-15-5-7(9)8(10)12-15/h3,5H,2,4H2,1H3,(H2,10,12). The van der Waals surface area contributed by atoms with Gasteiger partial charge in [0.2, 0.25) is 0 Å². The van der Waals surface area contributed by atoms with Crippen molar-refractivity contribution in [1.82, 2.24) is 24.8 Å². The highest BCUT2D eigenvalue weighted by atomic mass is 35.5. The predicted octanol–water partition coefficient (Wildman–Crippen LogP) is 0.778. The van der Waals surface area contributed by atoms with Crippen molar-refractivity contribution in [1.29, 1.82) is 0 Å². The summed E-state index contributed by atoms with van der Waals surface area (Å²) in [6.45, 7) is 3.33. The molecule has 0 unspecified atom stereocenters. The van der Waals surface area contributed by atoms with Crippen molar-refractivity contribution < 1.29 is 0 Å². The molecule has 2 heterocycles. The molecule has 80 valence electrons. The Bertz CT molecular complexity index is 440. The number of aryl methyl sites for hydroxylation is 1. The van der Waals surface area contributed by atoms with Crippen LogP contribution in [0.25, 0.3) is 0 Å². The number of hydrogen-bond acceptors (Lipinski definition) is 4. The maximum Gasteiger partial charge on any atom is 0.164 e. The number of halogens is 1. The van der Waals surface area contributed by atoms with E-state index in [1.807, 2.05) is 13.1 Å². The third kappa shape index (κ3) is 2.10. The minimum atomic E-state index is 0.333. The van der Waals surface area contributed by atoms with E-state index < -0.39 is 0 Å². The normalized spacial score (nSPS) is 10.8. The van der Waals surface area contributed by atoms with Crippen molar-refractivity contribution in [2.75, 3.05) is 5.73 Å². The van der Waals surface area contributed by atoms with Gasteiger partial charge in [-0.3, -0.25) is 9.36 Å². The molecule has 2 rings (SSSR count). The van der Waals surface area contributed by atoms with Crippen molar-refractivity contribution >= 4 is 17.4 Å². The Morgan fingerprint density at radius 2 is 2.20 bits per heavy atom. The maximum atomic E-state index is 5.78. The van der Waals surface area contributed by atoms with Gasteiger partial charge in [0, 0.05) is 12.7 Å². The van der Waals surface area contributed by atoms with Gasteiger partial charge in [0.05, 0.1) is 12.7 Å². The van der Waals surface area contributed by atoms with Crippen LogP contribution in [-0.4, -0.2) is 24.8 Å². The molecule has 0 amide bonds. The molecule has 6 nitrogen and oxygen atoms in total. The van der Waals surface area contributed by atoms with Crippen LogP contribution in [0.5, 0.6) is 0 Å². The van der Waals surface area contributed by atoms with Crippen LogP contribution < -0.4 is 5.73 Å². The molecule has 0 atom stereocenters. The van der Waals surface area contributed by atoms with E-state index in [0.29, 0.717) is 17.4 Å². The zero-order chi connectivity index (χ0) is 10.8. The monoisotopic (exact) mass is 226 g/mol. The van der Waals surface area contributed by atoms with E-state index in [9.17, 15) is 0 Å². The zero-order valence-corrected chi connectivity index (χ0v) is 9.02. The lowest BCUT2D eigenvalue weighted by atomic mass is 10.5. The van der Waals surface area contributed by atoms with Crippen LogP contribution in [0, 0.1) is 0 Å². The SMILES string of the molecule is CCn1cc(Cn2cc(Cl)c(N)n2)nn1. The van der Waals surface area contributed by atoms with Gasteiger partial charge in [-0.05, 0) is 6.92 Å². The van der Waals surface area contributed by atoms with E-state index in [1.54, 1.807) is 15.6 Å². The lowest BCUT2D eigenvalue weighted by Gasteiger charge is -1.94. The fourth-order valence-corrected chi connectivity index (χ4v) is 1.37. The minimum absolute atomic E-state index is 0.333. The second-order valence-electron chi connectivity index (χ2n) is 3.13. The highest BCUT2D eigenvalue weighted by molar-refractivity contribution is 6.32. The van der Waals surface area contributed by atoms with Gasteiger partial charge in [-0.15, -0.1) is 5.10 Å². The van der Waals surface area contributed by atoms with Gasteiger partial charge in [-0.2, -0.15) is 5.10 Å². The van der Waals surface area contributed by atoms with Crippen LogP contribution in [0.1, 0.15) is 12.6 Å². The Kier molecular flexibility index (Phi) is 2.59. The number of aromatic nitrogens is 5. The van der Waals surface area contributed by atoms with Gasteiger partial charge in [0.15, 0.2) is 5.82 Å². The summed E-state index contributed by atoms with van der Waals surface area (Å²) < 4.78 is 3.39. The first-order valence-electron chi connectivity index (χ1n) is 4.56. The smallest absolute Gasteiger partial charge is 0.164 e. The molecular formula is C8H11ClN6. The highest BCUT2D eigenvalue weighted by Gasteiger charge is 2.05. The van der Waals surface area contributed by atoms with Crippen LogP contribution in [0.15, 0.2) is 12.4 Å². The van der Waals surface area contributed by atoms with Crippen LogP contribution in [-0.2, 0) is 13.1 Å². The molecule has 15 heavy (non-hydrogen) atoms. The van der Waals surface area contributed by atoms with Crippen LogP contribution >= 0.6 is 11.6 Å². The molecule has 7 heteroatoms. The van der Waals surface area contributed by atoms with Crippen LogP contribution in [0.3, 0.4) is 0 Å². The highest BCUT2D eigenvalue weighted by Crippen LogP contribution is 2.15. The summed E-state index contributed by atoms with van der Waals surface area (Å²) in [4.78, 5) is 0. The van der Waals surface area contributed by atoms with Gasteiger partial charge in [-0.1, -0.05) is 16.8 Å². The largest absolute Gasteiger partial charge is 0.381 e. The van der Waals surface area contributed by atoms with Crippen molar-refractivity contribution in [2.45, 2.75) is 20.0 Å². The summed E-state index contributed by atoms with van der Waals surface area (Å²) in [6, 6.07) is 0. The number of nitrogens with zero attached hydrogens (tertiary/aromatic N) is 5. The molecule has 0 aliphatic rings. The molecule has 0 saturated heterocycles. The van der Waals surface area contributed by atoms with E-state index in [4.69, 9.17) is 17.3 Å². The van der Waals surface area contributed by atoms with Gasteiger partial charge >= 0.3 is 0 Å². The zero-order valence-electron chi connectivity index (χ0n) is 8.26. The molecule has 2 aromatic heterocycles. The number of nitrogen functional groups attached to an aromatic ring is 1. The summed E-state index contributed by atoms with van der Waals surface area (Å²) in [5.74, 6) is 0.333. The van der Waals surface area contributed by atoms with E-state index in [0.717, 1.165) is 12.2 Å². The van der Waals surface area contributed by atoms with E-state index in [2.05, 4.69) is 15.4 Å². The molecule has 0 radical (unpaired) electrons. The number of rotatable bonds is 3. The number of nitrogens with two attached hydrogens (primary N) is 1. The number of anilines is 1.